The van der Waals surface area contributed by atoms with E-state index in [-0.39, 0.29) is 0 Å². The maximum absolute atomic E-state index is 4.01. The van der Waals surface area contributed by atoms with Crippen LogP contribution >= 0.6 is 0 Å². The van der Waals surface area contributed by atoms with Crippen LogP contribution in [0.15, 0.2) is 12.5 Å². The van der Waals surface area contributed by atoms with E-state index in [1.54, 1.807) is 6.20 Å². The van der Waals surface area contributed by atoms with Gasteiger partial charge in [0.1, 0.15) is 6.33 Å². The Morgan fingerprint density at radius 3 is 3.21 bits per heavy atom. The molecule has 1 aromatic rings. The molecule has 76 valence electrons. The van der Waals surface area contributed by atoms with Crippen LogP contribution in [0.2, 0.25) is 0 Å². The summed E-state index contributed by atoms with van der Waals surface area (Å²) in [5, 5.41) is 11.1. The Bertz CT molecular complexity index is 270. The first kappa shape index (κ1) is 9.33. The molecule has 1 aliphatic heterocycles. The molecule has 1 saturated heterocycles. The van der Waals surface area contributed by atoms with E-state index in [0.29, 0.717) is 0 Å². The Morgan fingerprint density at radius 1 is 1.64 bits per heavy atom. The molecule has 0 amide bonds. The summed E-state index contributed by atoms with van der Waals surface area (Å²) in [5.74, 6) is 1.57. The van der Waals surface area contributed by atoms with Gasteiger partial charge < -0.3 is 10.2 Å². The summed E-state index contributed by atoms with van der Waals surface area (Å²) in [6.45, 7) is 3.27. The van der Waals surface area contributed by atoms with Crippen LogP contribution in [0.25, 0.3) is 0 Å². The van der Waals surface area contributed by atoms with E-state index in [4.69, 9.17) is 0 Å². The zero-order valence-corrected chi connectivity index (χ0v) is 8.35. The minimum atomic E-state index is 0.724. The average Bonchev–Trinajstić information content (AvgIpc) is 2.72. The molecule has 2 rings (SSSR count). The van der Waals surface area contributed by atoms with E-state index in [9.17, 15) is 0 Å². The molecule has 1 N–H and O–H groups in total. The normalized spacial score (nSPS) is 21.1. The van der Waals surface area contributed by atoms with E-state index >= 15 is 0 Å². The lowest BCUT2D eigenvalue weighted by Crippen LogP contribution is -2.27. The lowest BCUT2D eigenvalue weighted by Gasteiger charge is -2.20. The molecule has 1 fully saturated rings. The lowest BCUT2D eigenvalue weighted by molar-refractivity contribution is 0.574. The zero-order valence-electron chi connectivity index (χ0n) is 8.35. The van der Waals surface area contributed by atoms with E-state index in [1.165, 1.54) is 12.7 Å². The van der Waals surface area contributed by atoms with Crippen LogP contribution in [-0.2, 0) is 0 Å². The molecule has 5 nitrogen and oxygen atoms in total. The van der Waals surface area contributed by atoms with Gasteiger partial charge in [-0.3, -0.25) is 0 Å². The number of nitrogens with zero attached hydrogens (tertiary/aromatic N) is 4. The first-order chi connectivity index (χ1) is 6.86. The number of hydrogen-bond donors (Lipinski definition) is 1. The van der Waals surface area contributed by atoms with Gasteiger partial charge in [-0.1, -0.05) is 0 Å². The molecule has 0 bridgehead atoms. The van der Waals surface area contributed by atoms with Gasteiger partial charge in [0.15, 0.2) is 5.82 Å². The smallest absolute Gasteiger partial charge is 0.169 e. The van der Waals surface area contributed by atoms with Gasteiger partial charge in [0, 0.05) is 13.6 Å². The SMILES string of the molecule is CN(CC1CCNC1)c1cncnn1. The third kappa shape index (κ3) is 2.17. The van der Waals surface area contributed by atoms with Gasteiger partial charge in [0.2, 0.25) is 0 Å². The minimum absolute atomic E-state index is 0.724. The van der Waals surface area contributed by atoms with Gasteiger partial charge in [0.05, 0.1) is 6.20 Å². The molecule has 14 heavy (non-hydrogen) atoms. The number of nitrogens with one attached hydrogen (secondary N) is 1. The van der Waals surface area contributed by atoms with Crippen LogP contribution in [0.1, 0.15) is 6.42 Å². The summed E-state index contributed by atoms with van der Waals surface area (Å²) in [7, 11) is 2.03. The lowest BCUT2D eigenvalue weighted by atomic mass is 10.1. The molecule has 0 spiro atoms. The van der Waals surface area contributed by atoms with Crippen molar-refractivity contribution in [2.45, 2.75) is 6.42 Å². The van der Waals surface area contributed by atoms with E-state index in [0.717, 1.165) is 31.4 Å². The Morgan fingerprint density at radius 2 is 2.57 bits per heavy atom. The fourth-order valence-electron chi connectivity index (χ4n) is 1.77. The first-order valence-electron chi connectivity index (χ1n) is 4.91. The minimum Gasteiger partial charge on any atom is -0.357 e. The second-order valence-corrected chi connectivity index (χ2v) is 3.71. The van der Waals surface area contributed by atoms with Crippen molar-refractivity contribution in [1.29, 1.82) is 0 Å². The van der Waals surface area contributed by atoms with Crippen LogP contribution in [0.5, 0.6) is 0 Å². The largest absolute Gasteiger partial charge is 0.357 e. The van der Waals surface area contributed by atoms with Crippen LogP contribution in [0.4, 0.5) is 5.82 Å². The maximum Gasteiger partial charge on any atom is 0.169 e. The quantitative estimate of drug-likeness (QED) is 0.727. The van der Waals surface area contributed by atoms with Gasteiger partial charge in [0.25, 0.3) is 0 Å². The summed E-state index contributed by atoms with van der Waals surface area (Å²) in [6, 6.07) is 0. The molecule has 1 aliphatic rings. The highest BCUT2D eigenvalue weighted by atomic mass is 15.3. The van der Waals surface area contributed by atoms with Gasteiger partial charge >= 0.3 is 0 Å². The third-order valence-electron chi connectivity index (χ3n) is 2.55. The topological polar surface area (TPSA) is 53.9 Å². The maximum atomic E-state index is 4.01. The van der Waals surface area contributed by atoms with Crippen molar-refractivity contribution in [1.82, 2.24) is 20.5 Å². The van der Waals surface area contributed by atoms with Crippen molar-refractivity contribution < 1.29 is 0 Å². The molecule has 0 radical (unpaired) electrons. The number of hydrogen-bond acceptors (Lipinski definition) is 5. The van der Waals surface area contributed by atoms with Crippen molar-refractivity contribution in [3.63, 3.8) is 0 Å². The molecule has 0 aliphatic carbocycles. The standard InChI is InChI=1S/C9H15N5/c1-14(6-8-2-3-10-4-8)9-5-11-7-12-13-9/h5,7-8,10H,2-4,6H2,1H3. The number of aromatic nitrogens is 3. The Kier molecular flexibility index (Phi) is 2.88. The summed E-state index contributed by atoms with van der Waals surface area (Å²) < 4.78 is 0. The Balaban J connectivity index is 1.92. The molecule has 1 atom stereocenters. The van der Waals surface area contributed by atoms with Crippen molar-refractivity contribution in [3.8, 4) is 0 Å². The van der Waals surface area contributed by atoms with Crippen molar-refractivity contribution in [3.05, 3.63) is 12.5 Å². The molecule has 1 aromatic heterocycles. The molecular weight excluding hydrogens is 178 g/mol. The predicted octanol–water partition coefficient (Wildman–Crippen LogP) is -0.0827. The highest BCUT2D eigenvalue weighted by Gasteiger charge is 2.16. The van der Waals surface area contributed by atoms with Crippen LogP contribution in [0.3, 0.4) is 0 Å². The Hall–Kier alpha value is -1.23. The molecule has 5 heteroatoms. The van der Waals surface area contributed by atoms with E-state index in [2.05, 4.69) is 25.4 Å². The van der Waals surface area contributed by atoms with E-state index < -0.39 is 0 Å². The van der Waals surface area contributed by atoms with Crippen LogP contribution < -0.4 is 10.2 Å². The van der Waals surface area contributed by atoms with Gasteiger partial charge in [-0.25, -0.2) is 4.98 Å². The van der Waals surface area contributed by atoms with Gasteiger partial charge in [-0.05, 0) is 25.4 Å². The number of rotatable bonds is 3. The average molecular weight is 193 g/mol. The van der Waals surface area contributed by atoms with Crippen molar-refractivity contribution >= 4 is 5.82 Å². The summed E-state index contributed by atoms with van der Waals surface area (Å²) >= 11 is 0. The van der Waals surface area contributed by atoms with Crippen molar-refractivity contribution in [2.75, 3.05) is 31.6 Å². The molecule has 2 heterocycles. The fourth-order valence-corrected chi connectivity index (χ4v) is 1.77. The third-order valence-corrected chi connectivity index (χ3v) is 2.55. The monoisotopic (exact) mass is 193 g/mol. The van der Waals surface area contributed by atoms with Crippen LogP contribution in [-0.4, -0.2) is 41.9 Å². The molecule has 1 unspecified atom stereocenters. The zero-order chi connectivity index (χ0) is 9.80. The molecular formula is C9H15N5. The predicted molar refractivity (Wildman–Crippen MR) is 54.1 cm³/mol. The Labute approximate surface area is 83.6 Å². The van der Waals surface area contributed by atoms with Gasteiger partial charge in [-0.2, -0.15) is 0 Å². The van der Waals surface area contributed by atoms with Crippen molar-refractivity contribution in [2.24, 2.45) is 5.92 Å². The second-order valence-electron chi connectivity index (χ2n) is 3.71. The first-order valence-corrected chi connectivity index (χ1v) is 4.91. The summed E-state index contributed by atoms with van der Waals surface area (Å²) in [5.41, 5.74) is 0. The fraction of sp³-hybridized carbons (Fsp3) is 0.667. The molecule has 0 saturated carbocycles. The number of anilines is 1. The summed E-state index contributed by atoms with van der Waals surface area (Å²) in [4.78, 5) is 6.06. The van der Waals surface area contributed by atoms with E-state index in [1.807, 2.05) is 7.05 Å². The van der Waals surface area contributed by atoms with Crippen LogP contribution in [0, 0.1) is 5.92 Å². The summed E-state index contributed by atoms with van der Waals surface area (Å²) in [6.07, 6.45) is 4.45. The highest BCUT2D eigenvalue weighted by Crippen LogP contribution is 2.12. The highest BCUT2D eigenvalue weighted by molar-refractivity contribution is 5.32. The molecule has 0 aromatic carbocycles. The second kappa shape index (κ2) is 4.32. The van der Waals surface area contributed by atoms with Gasteiger partial charge in [-0.15, -0.1) is 10.2 Å².